The number of hydrogen-bond donors (Lipinski definition) is 2. The van der Waals surface area contributed by atoms with E-state index in [1.807, 2.05) is 43.3 Å². The van der Waals surface area contributed by atoms with Crippen LogP contribution >= 0.6 is 11.6 Å². The first-order valence-electron chi connectivity index (χ1n) is 10.2. The van der Waals surface area contributed by atoms with Crippen LogP contribution in [0.15, 0.2) is 48.5 Å². The molecule has 154 valence electrons. The molecule has 1 saturated heterocycles. The molecule has 6 heteroatoms. The maximum absolute atomic E-state index is 12.8. The maximum Gasteiger partial charge on any atom is 0.253 e. The van der Waals surface area contributed by atoms with Gasteiger partial charge in [0.2, 0.25) is 5.91 Å². The lowest BCUT2D eigenvalue weighted by Crippen LogP contribution is -2.38. The number of nitrogens with zero attached hydrogens (tertiary/aromatic N) is 1. The number of likely N-dealkylation sites (tertiary alicyclic amines) is 1. The second-order valence-corrected chi connectivity index (χ2v) is 7.84. The molecule has 0 aliphatic carbocycles. The van der Waals surface area contributed by atoms with Gasteiger partial charge in [-0.3, -0.25) is 14.5 Å². The first-order valence-corrected chi connectivity index (χ1v) is 10.6. The zero-order valence-corrected chi connectivity index (χ0v) is 17.5. The molecule has 0 saturated carbocycles. The van der Waals surface area contributed by atoms with Gasteiger partial charge in [-0.2, -0.15) is 0 Å². The minimum absolute atomic E-state index is 0.0156. The van der Waals surface area contributed by atoms with E-state index in [4.69, 9.17) is 11.6 Å². The predicted octanol–water partition coefficient (Wildman–Crippen LogP) is 4.33. The van der Waals surface area contributed by atoms with E-state index < -0.39 is 0 Å². The molecule has 2 aromatic carbocycles. The second-order valence-electron chi connectivity index (χ2n) is 7.43. The Kier molecular flexibility index (Phi) is 7.67. The van der Waals surface area contributed by atoms with Crippen molar-refractivity contribution in [2.45, 2.75) is 32.7 Å². The molecule has 2 amide bonds. The van der Waals surface area contributed by atoms with Crippen molar-refractivity contribution < 1.29 is 9.59 Å². The molecule has 1 heterocycles. The number of rotatable bonds is 7. The highest BCUT2D eigenvalue weighted by Gasteiger charge is 2.26. The Hall–Kier alpha value is -2.37. The number of carbonyl (C=O) groups excluding carboxylic acids is 2. The number of amides is 2. The number of para-hydroxylation sites is 1. The normalized spacial score (nSPS) is 15.1. The minimum atomic E-state index is -0.155. The zero-order chi connectivity index (χ0) is 20.6. The lowest BCUT2D eigenvalue weighted by Gasteiger charge is -2.31. The van der Waals surface area contributed by atoms with Crippen molar-refractivity contribution in [2.75, 3.05) is 25.0 Å². The lowest BCUT2D eigenvalue weighted by molar-refractivity contribution is -0.121. The number of piperidine rings is 1. The Labute approximate surface area is 177 Å². The number of anilines is 1. The summed E-state index contributed by atoms with van der Waals surface area (Å²) in [6.07, 6.45) is 2.45. The molecule has 0 atom stereocenters. The van der Waals surface area contributed by atoms with Gasteiger partial charge >= 0.3 is 0 Å². The molecule has 0 spiro atoms. The molecule has 0 aromatic heterocycles. The molecule has 1 fully saturated rings. The highest BCUT2D eigenvalue weighted by atomic mass is 35.5. The van der Waals surface area contributed by atoms with Crippen LogP contribution in [-0.4, -0.2) is 36.3 Å². The first kappa shape index (κ1) is 21.3. The van der Waals surface area contributed by atoms with Gasteiger partial charge < -0.3 is 10.6 Å². The molecule has 0 radical (unpaired) electrons. The maximum atomic E-state index is 12.8. The van der Waals surface area contributed by atoms with Gasteiger partial charge in [-0.05, 0) is 56.1 Å². The van der Waals surface area contributed by atoms with Crippen LogP contribution in [0.4, 0.5) is 5.69 Å². The highest BCUT2D eigenvalue weighted by molar-refractivity contribution is 6.31. The van der Waals surface area contributed by atoms with E-state index in [-0.39, 0.29) is 17.7 Å². The van der Waals surface area contributed by atoms with E-state index in [0.717, 1.165) is 49.5 Å². The van der Waals surface area contributed by atoms with E-state index in [1.54, 1.807) is 12.1 Å². The molecular formula is C23H28ClN3O2. The van der Waals surface area contributed by atoms with Gasteiger partial charge in [-0.25, -0.2) is 0 Å². The van der Waals surface area contributed by atoms with Gasteiger partial charge in [0.1, 0.15) is 0 Å². The first-order chi connectivity index (χ1) is 14.1. The smallest absolute Gasteiger partial charge is 0.253 e. The van der Waals surface area contributed by atoms with Crippen LogP contribution in [-0.2, 0) is 11.3 Å². The van der Waals surface area contributed by atoms with Gasteiger partial charge in [0.25, 0.3) is 5.91 Å². The molecule has 3 rings (SSSR count). The number of halogens is 1. The van der Waals surface area contributed by atoms with Crippen LogP contribution in [0.5, 0.6) is 0 Å². The number of nitrogens with one attached hydrogen (secondary N) is 2. The highest BCUT2D eigenvalue weighted by Crippen LogP contribution is 2.24. The summed E-state index contributed by atoms with van der Waals surface area (Å²) in [4.78, 5) is 27.5. The summed E-state index contributed by atoms with van der Waals surface area (Å²) in [5, 5.41) is 6.62. The fourth-order valence-corrected chi connectivity index (χ4v) is 3.77. The third kappa shape index (κ3) is 5.81. The molecular weight excluding hydrogens is 386 g/mol. The fourth-order valence-electron chi connectivity index (χ4n) is 3.58. The average Bonchev–Trinajstić information content (AvgIpc) is 2.74. The monoisotopic (exact) mass is 413 g/mol. The summed E-state index contributed by atoms with van der Waals surface area (Å²) in [5.41, 5.74) is 2.19. The summed E-state index contributed by atoms with van der Waals surface area (Å²) >= 11 is 6.26. The number of benzene rings is 2. The standard InChI is InChI=1S/C23H28ClN3O2/c1-2-13-25-23(29)19-8-4-6-10-21(19)26-22(28)17-11-14-27(15-12-17)16-18-7-3-5-9-20(18)24/h3-10,17H,2,11-16H2,1H3,(H,25,29)(H,26,28). The summed E-state index contributed by atoms with van der Waals surface area (Å²) in [6.45, 7) is 5.12. The molecule has 1 aliphatic heterocycles. The van der Waals surface area contributed by atoms with Crippen LogP contribution in [0.2, 0.25) is 5.02 Å². The van der Waals surface area contributed by atoms with Crippen molar-refractivity contribution in [1.29, 1.82) is 0 Å². The predicted molar refractivity (Wildman–Crippen MR) is 117 cm³/mol. The van der Waals surface area contributed by atoms with Crippen molar-refractivity contribution >= 4 is 29.1 Å². The molecule has 29 heavy (non-hydrogen) atoms. The third-order valence-electron chi connectivity index (χ3n) is 5.28. The quantitative estimate of drug-likeness (QED) is 0.710. The SMILES string of the molecule is CCCNC(=O)c1ccccc1NC(=O)C1CCN(Cc2ccccc2Cl)CC1. The van der Waals surface area contributed by atoms with E-state index in [0.29, 0.717) is 17.8 Å². The Morgan fingerprint density at radius 2 is 1.76 bits per heavy atom. The van der Waals surface area contributed by atoms with E-state index in [2.05, 4.69) is 15.5 Å². The van der Waals surface area contributed by atoms with E-state index in [1.165, 1.54) is 0 Å². The lowest BCUT2D eigenvalue weighted by atomic mass is 9.95. The van der Waals surface area contributed by atoms with Gasteiger partial charge in [-0.15, -0.1) is 0 Å². The second kappa shape index (κ2) is 10.4. The Bertz CT molecular complexity index is 848. The van der Waals surface area contributed by atoms with Crippen LogP contribution in [0, 0.1) is 5.92 Å². The van der Waals surface area contributed by atoms with Gasteiger partial charge in [0.05, 0.1) is 11.3 Å². The zero-order valence-electron chi connectivity index (χ0n) is 16.8. The largest absolute Gasteiger partial charge is 0.352 e. The van der Waals surface area contributed by atoms with Crippen LogP contribution in [0.1, 0.15) is 42.1 Å². The van der Waals surface area contributed by atoms with Crippen LogP contribution in [0.3, 0.4) is 0 Å². The van der Waals surface area contributed by atoms with Crippen LogP contribution in [0.25, 0.3) is 0 Å². The molecule has 0 bridgehead atoms. The van der Waals surface area contributed by atoms with Crippen molar-refractivity contribution in [3.05, 3.63) is 64.7 Å². The van der Waals surface area contributed by atoms with Crippen molar-refractivity contribution in [2.24, 2.45) is 5.92 Å². The van der Waals surface area contributed by atoms with Crippen molar-refractivity contribution in [3.63, 3.8) is 0 Å². The Morgan fingerprint density at radius 1 is 1.07 bits per heavy atom. The molecule has 2 N–H and O–H groups in total. The number of carbonyl (C=O) groups is 2. The van der Waals surface area contributed by atoms with Crippen molar-refractivity contribution in [1.82, 2.24) is 10.2 Å². The third-order valence-corrected chi connectivity index (χ3v) is 5.64. The number of hydrogen-bond acceptors (Lipinski definition) is 3. The molecule has 0 unspecified atom stereocenters. The summed E-state index contributed by atoms with van der Waals surface area (Å²) in [6, 6.07) is 15.0. The Morgan fingerprint density at radius 3 is 2.48 bits per heavy atom. The van der Waals surface area contributed by atoms with Crippen molar-refractivity contribution in [3.8, 4) is 0 Å². The van der Waals surface area contributed by atoms with Gasteiger partial charge in [-0.1, -0.05) is 48.9 Å². The van der Waals surface area contributed by atoms with Gasteiger partial charge in [0.15, 0.2) is 0 Å². The summed E-state index contributed by atoms with van der Waals surface area (Å²) in [5.74, 6) is -0.223. The fraction of sp³-hybridized carbons (Fsp3) is 0.391. The van der Waals surface area contributed by atoms with Crippen LogP contribution < -0.4 is 10.6 Å². The van der Waals surface area contributed by atoms with E-state index in [9.17, 15) is 9.59 Å². The Balaban J connectivity index is 1.55. The summed E-state index contributed by atoms with van der Waals surface area (Å²) in [7, 11) is 0. The van der Waals surface area contributed by atoms with Gasteiger partial charge in [0, 0.05) is 24.0 Å². The minimum Gasteiger partial charge on any atom is -0.352 e. The molecule has 5 nitrogen and oxygen atoms in total. The van der Waals surface area contributed by atoms with E-state index >= 15 is 0 Å². The summed E-state index contributed by atoms with van der Waals surface area (Å²) < 4.78 is 0. The molecule has 2 aromatic rings. The topological polar surface area (TPSA) is 61.4 Å². The molecule has 1 aliphatic rings. The average molecular weight is 414 g/mol.